The summed E-state index contributed by atoms with van der Waals surface area (Å²) in [5, 5.41) is 3.84. The summed E-state index contributed by atoms with van der Waals surface area (Å²) in [5.74, 6) is 0. The molecule has 2 N–H and O–H groups in total. The first-order chi connectivity index (χ1) is 7.59. The number of aromatic nitrogens is 1. The first-order valence-corrected chi connectivity index (χ1v) is 6.34. The molecule has 1 aromatic heterocycles. The predicted octanol–water partition coefficient (Wildman–Crippen LogP) is 3.81. The molecule has 0 aliphatic rings. The molecular weight excluding hydrogens is 263 g/mol. The molecule has 0 fully saturated rings. The van der Waals surface area contributed by atoms with Gasteiger partial charge in [0.2, 0.25) is 0 Å². The van der Waals surface area contributed by atoms with Gasteiger partial charge in [-0.2, -0.15) is 0 Å². The Morgan fingerprint density at radius 2 is 2.12 bits per heavy atom. The lowest BCUT2D eigenvalue weighted by atomic mass is 10.1. The summed E-state index contributed by atoms with van der Waals surface area (Å²) in [7, 11) is 0. The maximum Gasteiger partial charge on any atom is 0.114 e. The number of aryl methyl sites for hydroxylation is 1. The van der Waals surface area contributed by atoms with Crippen LogP contribution in [0.15, 0.2) is 23.6 Å². The van der Waals surface area contributed by atoms with Crippen molar-refractivity contribution in [1.29, 1.82) is 0 Å². The molecule has 1 unspecified atom stereocenters. The van der Waals surface area contributed by atoms with Crippen molar-refractivity contribution in [3.05, 3.63) is 49.9 Å². The van der Waals surface area contributed by atoms with Crippen molar-refractivity contribution in [3.8, 4) is 0 Å². The van der Waals surface area contributed by atoms with Gasteiger partial charge in [0.05, 0.1) is 16.1 Å². The third kappa shape index (κ3) is 2.23. The van der Waals surface area contributed by atoms with Crippen LogP contribution in [-0.2, 0) is 0 Å². The number of benzene rings is 1. The Hall–Kier alpha value is -0.610. The van der Waals surface area contributed by atoms with Crippen molar-refractivity contribution in [2.45, 2.75) is 13.0 Å². The Kier molecular flexibility index (Phi) is 3.50. The van der Waals surface area contributed by atoms with Gasteiger partial charge in [-0.05, 0) is 18.6 Å². The van der Waals surface area contributed by atoms with Crippen molar-refractivity contribution in [1.82, 2.24) is 4.98 Å². The summed E-state index contributed by atoms with van der Waals surface area (Å²) in [5.41, 5.74) is 7.88. The number of rotatable bonds is 2. The summed E-state index contributed by atoms with van der Waals surface area (Å²) in [6, 6.07) is 5.14. The van der Waals surface area contributed by atoms with Gasteiger partial charge in [0, 0.05) is 11.1 Å². The highest BCUT2D eigenvalue weighted by Gasteiger charge is 2.16. The van der Waals surface area contributed by atoms with E-state index >= 15 is 0 Å². The molecule has 0 saturated carbocycles. The molecule has 84 valence electrons. The lowest BCUT2D eigenvalue weighted by molar-refractivity contribution is 0.853. The van der Waals surface area contributed by atoms with E-state index in [0.717, 1.165) is 16.3 Å². The zero-order chi connectivity index (χ0) is 11.7. The van der Waals surface area contributed by atoms with Crippen LogP contribution in [0.1, 0.15) is 22.3 Å². The second-order valence-electron chi connectivity index (χ2n) is 3.45. The Labute approximate surface area is 108 Å². The second kappa shape index (κ2) is 4.72. The van der Waals surface area contributed by atoms with E-state index < -0.39 is 0 Å². The number of halogens is 2. The molecule has 16 heavy (non-hydrogen) atoms. The van der Waals surface area contributed by atoms with E-state index in [9.17, 15) is 0 Å². The highest BCUT2D eigenvalue weighted by atomic mass is 35.5. The van der Waals surface area contributed by atoms with Crippen molar-refractivity contribution < 1.29 is 0 Å². The largest absolute Gasteiger partial charge is 0.318 e. The highest BCUT2D eigenvalue weighted by molar-refractivity contribution is 7.09. The molecule has 0 saturated heterocycles. The van der Waals surface area contributed by atoms with Crippen LogP contribution in [0, 0.1) is 6.92 Å². The summed E-state index contributed by atoms with van der Waals surface area (Å²) in [4.78, 5) is 4.35. The second-order valence-corrected chi connectivity index (χ2v) is 5.12. The van der Waals surface area contributed by atoms with E-state index in [4.69, 9.17) is 28.9 Å². The van der Waals surface area contributed by atoms with E-state index in [2.05, 4.69) is 4.98 Å². The maximum atomic E-state index is 6.11. The van der Waals surface area contributed by atoms with Crippen LogP contribution in [0.5, 0.6) is 0 Å². The Balaban J connectivity index is 2.41. The average Bonchev–Trinajstić information content (AvgIpc) is 2.68. The zero-order valence-electron chi connectivity index (χ0n) is 8.58. The van der Waals surface area contributed by atoms with Gasteiger partial charge in [0.1, 0.15) is 5.01 Å². The van der Waals surface area contributed by atoms with Crippen molar-refractivity contribution in [3.63, 3.8) is 0 Å². The minimum Gasteiger partial charge on any atom is -0.318 e. The minimum absolute atomic E-state index is 0.315. The number of nitrogens with two attached hydrogens (primary N) is 1. The van der Waals surface area contributed by atoms with Gasteiger partial charge in [-0.3, -0.25) is 0 Å². The van der Waals surface area contributed by atoms with Crippen LogP contribution < -0.4 is 5.73 Å². The predicted molar refractivity (Wildman–Crippen MR) is 69.3 cm³/mol. The molecule has 1 atom stereocenters. The van der Waals surface area contributed by atoms with E-state index in [1.807, 2.05) is 24.4 Å². The van der Waals surface area contributed by atoms with E-state index in [-0.39, 0.29) is 6.04 Å². The Bertz CT molecular complexity index is 510. The van der Waals surface area contributed by atoms with Crippen LogP contribution in [0.2, 0.25) is 10.0 Å². The lowest BCUT2D eigenvalue weighted by Crippen LogP contribution is -2.12. The molecule has 2 nitrogen and oxygen atoms in total. The molecule has 1 heterocycles. The first kappa shape index (κ1) is 11.9. The first-order valence-electron chi connectivity index (χ1n) is 4.71. The molecule has 2 rings (SSSR count). The number of thiazole rings is 1. The van der Waals surface area contributed by atoms with Gasteiger partial charge in [0.25, 0.3) is 0 Å². The minimum atomic E-state index is -0.315. The molecule has 0 amide bonds. The summed E-state index contributed by atoms with van der Waals surface area (Å²) in [6.45, 7) is 1.94. The molecule has 0 spiro atoms. The normalized spacial score (nSPS) is 12.8. The van der Waals surface area contributed by atoms with Gasteiger partial charge in [-0.25, -0.2) is 4.98 Å². The third-order valence-corrected chi connectivity index (χ3v) is 4.10. The van der Waals surface area contributed by atoms with Gasteiger partial charge < -0.3 is 5.73 Å². The fourth-order valence-electron chi connectivity index (χ4n) is 1.41. The monoisotopic (exact) mass is 272 g/mol. The molecule has 2 aromatic rings. The SMILES string of the molecule is Cc1csc(C(N)c2cccc(Cl)c2Cl)n1. The van der Waals surface area contributed by atoms with Gasteiger partial charge in [-0.1, -0.05) is 35.3 Å². The highest BCUT2D eigenvalue weighted by Crippen LogP contribution is 2.32. The molecule has 0 radical (unpaired) electrons. The van der Waals surface area contributed by atoms with Crippen LogP contribution >= 0.6 is 34.5 Å². The van der Waals surface area contributed by atoms with Crippen molar-refractivity contribution in [2.24, 2.45) is 5.73 Å². The van der Waals surface area contributed by atoms with Crippen LogP contribution in [-0.4, -0.2) is 4.98 Å². The molecule has 5 heteroatoms. The van der Waals surface area contributed by atoms with Crippen LogP contribution in [0.3, 0.4) is 0 Å². The third-order valence-electron chi connectivity index (χ3n) is 2.22. The van der Waals surface area contributed by atoms with Crippen molar-refractivity contribution >= 4 is 34.5 Å². The number of nitrogens with zero attached hydrogens (tertiary/aromatic N) is 1. The Morgan fingerprint density at radius 3 is 2.75 bits per heavy atom. The lowest BCUT2D eigenvalue weighted by Gasteiger charge is -2.11. The average molecular weight is 273 g/mol. The summed E-state index contributed by atoms with van der Waals surface area (Å²) < 4.78 is 0. The van der Waals surface area contributed by atoms with Crippen molar-refractivity contribution in [2.75, 3.05) is 0 Å². The molecular formula is C11H10Cl2N2S. The topological polar surface area (TPSA) is 38.9 Å². The van der Waals surface area contributed by atoms with Gasteiger partial charge in [-0.15, -0.1) is 11.3 Å². The van der Waals surface area contributed by atoms with Crippen LogP contribution in [0.25, 0.3) is 0 Å². The quantitative estimate of drug-likeness (QED) is 0.903. The fraction of sp³-hybridized carbons (Fsp3) is 0.182. The maximum absolute atomic E-state index is 6.11. The molecule has 0 bridgehead atoms. The Morgan fingerprint density at radius 1 is 1.38 bits per heavy atom. The van der Waals surface area contributed by atoms with E-state index in [1.54, 1.807) is 6.07 Å². The number of hydrogen-bond donors (Lipinski definition) is 1. The smallest absolute Gasteiger partial charge is 0.114 e. The standard InChI is InChI=1S/C11H10Cl2N2S/c1-6-5-16-11(15-6)10(14)7-3-2-4-8(12)9(7)13/h2-5,10H,14H2,1H3. The zero-order valence-corrected chi connectivity index (χ0v) is 10.9. The van der Waals surface area contributed by atoms with E-state index in [0.29, 0.717) is 10.0 Å². The molecule has 0 aliphatic heterocycles. The van der Waals surface area contributed by atoms with Gasteiger partial charge in [0.15, 0.2) is 0 Å². The summed E-state index contributed by atoms with van der Waals surface area (Å²) in [6.07, 6.45) is 0. The summed E-state index contributed by atoms with van der Waals surface area (Å²) >= 11 is 13.6. The van der Waals surface area contributed by atoms with Crippen LogP contribution in [0.4, 0.5) is 0 Å². The van der Waals surface area contributed by atoms with Gasteiger partial charge >= 0.3 is 0 Å². The molecule has 0 aliphatic carbocycles. The molecule has 1 aromatic carbocycles. The van der Waals surface area contributed by atoms with E-state index in [1.165, 1.54) is 11.3 Å². The fourth-order valence-corrected chi connectivity index (χ4v) is 2.65. The number of hydrogen-bond acceptors (Lipinski definition) is 3.